The molecular weight excluding hydrogens is 332 g/mol. The molecule has 0 amide bonds. The zero-order valence-corrected chi connectivity index (χ0v) is 14.0. The monoisotopic (exact) mass is 352 g/mol. The molecule has 0 saturated heterocycles. The van der Waals surface area contributed by atoms with Crippen molar-refractivity contribution < 1.29 is 22.3 Å². The molecule has 0 aromatic heterocycles. The standard InChI is InChI=1S/C20H20F4O/c1-2-3-13-4-6-14(7-5-13)15-8-10-17-16(12-15)9-11-18(19(17)21)25-20(22,23)24/h4-7,9,11,15H,2-3,8,10,12H2,1H3. The van der Waals surface area contributed by atoms with Crippen LogP contribution in [0, 0.1) is 5.82 Å². The van der Waals surface area contributed by atoms with Crippen LogP contribution in [-0.4, -0.2) is 6.36 Å². The van der Waals surface area contributed by atoms with Crippen LogP contribution in [0.25, 0.3) is 0 Å². The lowest BCUT2D eigenvalue weighted by atomic mass is 9.79. The summed E-state index contributed by atoms with van der Waals surface area (Å²) in [6, 6.07) is 11.1. The van der Waals surface area contributed by atoms with E-state index in [-0.39, 0.29) is 5.92 Å². The summed E-state index contributed by atoms with van der Waals surface area (Å²) in [6.45, 7) is 2.14. The number of benzene rings is 2. The summed E-state index contributed by atoms with van der Waals surface area (Å²) in [5.74, 6) is -1.36. The lowest BCUT2D eigenvalue weighted by molar-refractivity contribution is -0.275. The third-order valence-corrected chi connectivity index (χ3v) is 4.73. The summed E-state index contributed by atoms with van der Waals surface area (Å²) >= 11 is 0. The molecule has 0 bridgehead atoms. The van der Waals surface area contributed by atoms with E-state index >= 15 is 0 Å². The van der Waals surface area contributed by atoms with Gasteiger partial charge in [0.1, 0.15) is 0 Å². The Morgan fingerprint density at radius 1 is 1.08 bits per heavy atom. The predicted molar refractivity (Wildman–Crippen MR) is 88.3 cm³/mol. The van der Waals surface area contributed by atoms with Gasteiger partial charge >= 0.3 is 6.36 Å². The third kappa shape index (κ3) is 4.14. The normalized spacial score (nSPS) is 17.2. The summed E-state index contributed by atoms with van der Waals surface area (Å²) in [5.41, 5.74) is 3.60. The fraction of sp³-hybridized carbons (Fsp3) is 0.400. The number of hydrogen-bond acceptors (Lipinski definition) is 1. The summed E-state index contributed by atoms with van der Waals surface area (Å²) < 4.78 is 55.1. The molecule has 2 aromatic carbocycles. The molecular formula is C20H20F4O. The molecule has 0 N–H and O–H groups in total. The average Bonchev–Trinajstić information content (AvgIpc) is 2.57. The zero-order valence-electron chi connectivity index (χ0n) is 14.0. The quantitative estimate of drug-likeness (QED) is 0.618. The van der Waals surface area contributed by atoms with Crippen molar-refractivity contribution in [2.24, 2.45) is 0 Å². The third-order valence-electron chi connectivity index (χ3n) is 4.73. The molecule has 1 aliphatic rings. The van der Waals surface area contributed by atoms with E-state index in [2.05, 4.69) is 35.9 Å². The van der Waals surface area contributed by atoms with Gasteiger partial charge in [0.25, 0.3) is 0 Å². The highest BCUT2D eigenvalue weighted by Gasteiger charge is 2.34. The van der Waals surface area contributed by atoms with Gasteiger partial charge < -0.3 is 4.74 Å². The summed E-state index contributed by atoms with van der Waals surface area (Å²) in [5, 5.41) is 0. The van der Waals surface area contributed by atoms with E-state index in [1.165, 1.54) is 11.1 Å². The Labute approximate surface area is 144 Å². The maximum atomic E-state index is 14.3. The van der Waals surface area contributed by atoms with Gasteiger partial charge in [0.05, 0.1) is 0 Å². The highest BCUT2D eigenvalue weighted by molar-refractivity contribution is 5.41. The minimum absolute atomic E-state index is 0.261. The van der Waals surface area contributed by atoms with Crippen molar-refractivity contribution in [3.63, 3.8) is 0 Å². The fourth-order valence-corrected chi connectivity index (χ4v) is 3.52. The molecule has 5 heteroatoms. The molecule has 1 atom stereocenters. The van der Waals surface area contributed by atoms with Crippen molar-refractivity contribution >= 4 is 0 Å². The maximum absolute atomic E-state index is 14.3. The van der Waals surface area contributed by atoms with Crippen LogP contribution in [0.1, 0.15) is 47.9 Å². The molecule has 1 unspecified atom stereocenters. The number of hydrogen-bond donors (Lipinski definition) is 0. The van der Waals surface area contributed by atoms with E-state index < -0.39 is 17.9 Å². The van der Waals surface area contributed by atoms with Crippen molar-refractivity contribution in [1.29, 1.82) is 0 Å². The van der Waals surface area contributed by atoms with Gasteiger partial charge in [0, 0.05) is 0 Å². The number of aryl methyl sites for hydroxylation is 1. The molecule has 134 valence electrons. The Kier molecular flexibility index (Phi) is 5.02. The minimum Gasteiger partial charge on any atom is -0.403 e. The van der Waals surface area contributed by atoms with E-state index in [1.54, 1.807) is 6.07 Å². The van der Waals surface area contributed by atoms with Gasteiger partial charge in [0.2, 0.25) is 0 Å². The highest BCUT2D eigenvalue weighted by atomic mass is 19.4. The van der Waals surface area contributed by atoms with Crippen LogP contribution < -0.4 is 4.74 Å². The van der Waals surface area contributed by atoms with Crippen LogP contribution in [0.4, 0.5) is 17.6 Å². The second-order valence-corrected chi connectivity index (χ2v) is 6.49. The fourth-order valence-electron chi connectivity index (χ4n) is 3.52. The highest BCUT2D eigenvalue weighted by Crippen LogP contribution is 2.37. The first-order valence-electron chi connectivity index (χ1n) is 8.52. The number of ether oxygens (including phenoxy) is 1. The van der Waals surface area contributed by atoms with Gasteiger partial charge in [-0.25, -0.2) is 4.39 Å². The van der Waals surface area contributed by atoms with E-state index in [0.29, 0.717) is 24.8 Å². The van der Waals surface area contributed by atoms with E-state index in [0.717, 1.165) is 24.5 Å². The lowest BCUT2D eigenvalue weighted by Gasteiger charge is -2.26. The largest absolute Gasteiger partial charge is 0.573 e. The van der Waals surface area contributed by atoms with Crippen LogP contribution in [0.3, 0.4) is 0 Å². The Morgan fingerprint density at radius 2 is 1.80 bits per heavy atom. The van der Waals surface area contributed by atoms with Crippen molar-refractivity contribution in [3.05, 3.63) is 64.5 Å². The molecule has 1 aliphatic carbocycles. The maximum Gasteiger partial charge on any atom is 0.573 e. The summed E-state index contributed by atoms with van der Waals surface area (Å²) in [7, 11) is 0. The predicted octanol–water partition coefficient (Wildman–Crippen LogP) is 5.95. The van der Waals surface area contributed by atoms with E-state index in [1.807, 2.05) is 0 Å². The first kappa shape index (κ1) is 17.8. The Bertz CT molecular complexity index is 735. The molecule has 0 aliphatic heterocycles. The molecule has 1 nitrogen and oxygen atoms in total. The van der Waals surface area contributed by atoms with Crippen LogP contribution in [0.15, 0.2) is 36.4 Å². The Morgan fingerprint density at radius 3 is 2.44 bits per heavy atom. The van der Waals surface area contributed by atoms with Crippen LogP contribution in [0.2, 0.25) is 0 Å². The SMILES string of the molecule is CCCc1ccc(C2CCc3c(ccc(OC(F)(F)F)c3F)C2)cc1. The van der Waals surface area contributed by atoms with Gasteiger partial charge in [-0.3, -0.25) is 0 Å². The smallest absolute Gasteiger partial charge is 0.403 e. The molecule has 0 fully saturated rings. The van der Waals surface area contributed by atoms with E-state index in [4.69, 9.17) is 0 Å². The van der Waals surface area contributed by atoms with Crippen molar-refractivity contribution in [2.45, 2.75) is 51.3 Å². The van der Waals surface area contributed by atoms with Crippen molar-refractivity contribution in [2.75, 3.05) is 0 Å². The molecule has 0 spiro atoms. The summed E-state index contributed by atoms with van der Waals surface area (Å²) in [6.07, 6.45) is -0.985. The molecule has 0 saturated carbocycles. The Hall–Kier alpha value is -2.04. The van der Waals surface area contributed by atoms with Gasteiger partial charge in [0.15, 0.2) is 11.6 Å². The molecule has 0 heterocycles. The minimum atomic E-state index is -4.88. The first-order valence-corrected chi connectivity index (χ1v) is 8.52. The summed E-state index contributed by atoms with van der Waals surface area (Å²) in [4.78, 5) is 0. The van der Waals surface area contributed by atoms with Crippen LogP contribution in [-0.2, 0) is 19.3 Å². The second-order valence-electron chi connectivity index (χ2n) is 6.49. The average molecular weight is 352 g/mol. The van der Waals surface area contributed by atoms with Gasteiger partial charge in [-0.1, -0.05) is 43.7 Å². The zero-order chi connectivity index (χ0) is 18.0. The second kappa shape index (κ2) is 7.06. The van der Waals surface area contributed by atoms with Gasteiger partial charge in [-0.05, 0) is 59.9 Å². The molecule has 0 radical (unpaired) electrons. The number of fused-ring (bicyclic) bond motifs is 1. The van der Waals surface area contributed by atoms with Crippen LogP contribution in [0.5, 0.6) is 5.75 Å². The topological polar surface area (TPSA) is 9.23 Å². The van der Waals surface area contributed by atoms with Crippen LogP contribution >= 0.6 is 0 Å². The van der Waals surface area contributed by atoms with Gasteiger partial charge in [-0.15, -0.1) is 13.2 Å². The molecule has 2 aromatic rings. The van der Waals surface area contributed by atoms with Crippen molar-refractivity contribution in [1.82, 2.24) is 0 Å². The number of alkyl halides is 3. The first-order chi connectivity index (χ1) is 11.9. The lowest BCUT2D eigenvalue weighted by Crippen LogP contribution is -2.20. The molecule has 25 heavy (non-hydrogen) atoms. The number of rotatable bonds is 4. The van der Waals surface area contributed by atoms with Gasteiger partial charge in [-0.2, -0.15) is 0 Å². The van der Waals surface area contributed by atoms with E-state index in [9.17, 15) is 17.6 Å². The molecule has 3 rings (SSSR count). The number of halogens is 4. The van der Waals surface area contributed by atoms with Crippen molar-refractivity contribution in [3.8, 4) is 5.75 Å². The Balaban J connectivity index is 1.78.